The summed E-state index contributed by atoms with van der Waals surface area (Å²) in [7, 11) is 4.10. The smallest absolute Gasteiger partial charge is 0.207 e. The second-order valence-electron chi connectivity index (χ2n) is 7.88. The number of nitrogens with one attached hydrogen (secondary N) is 2. The number of likely N-dealkylation sites (N-methyl/N-ethyl adjacent to an activating group) is 1. The Balaban J connectivity index is -0.000000125. The standard InChI is InChI=1S/C6H14.C5H12N2O.C5H12O.C5H10O/c1-4-5-6(2)3;1-7(2)4-3-6-5-8;1-5(2)3-4-6;1-4(2)5(3)6/h6H,4-5H2,1-3H3;5H,3-4H2,1-2H3,(H,6,8);5-6H,3-4H2,1-2H3;4H,1-3H3/p+1. The van der Waals surface area contributed by atoms with E-state index in [-0.39, 0.29) is 11.7 Å². The molecule has 0 saturated carbocycles. The van der Waals surface area contributed by atoms with Gasteiger partial charge in [-0.1, -0.05) is 61.3 Å². The summed E-state index contributed by atoms with van der Waals surface area (Å²) in [5, 5.41) is 10.8. The van der Waals surface area contributed by atoms with Gasteiger partial charge in [-0.3, -0.25) is 9.59 Å². The zero-order valence-corrected chi connectivity index (χ0v) is 19.3. The summed E-state index contributed by atoms with van der Waals surface area (Å²) in [6, 6.07) is 0. The number of hydrogen-bond acceptors (Lipinski definition) is 3. The van der Waals surface area contributed by atoms with Crippen LogP contribution in [0, 0.1) is 17.8 Å². The van der Waals surface area contributed by atoms with Crippen molar-refractivity contribution >= 4 is 12.2 Å². The van der Waals surface area contributed by atoms with Crippen molar-refractivity contribution in [3.8, 4) is 0 Å². The van der Waals surface area contributed by atoms with Crippen LogP contribution in [0.25, 0.3) is 0 Å². The molecule has 0 aliphatic heterocycles. The van der Waals surface area contributed by atoms with Crippen molar-refractivity contribution in [3.63, 3.8) is 0 Å². The molecule has 0 atom stereocenters. The number of amides is 1. The molecule has 0 unspecified atom stereocenters. The lowest BCUT2D eigenvalue weighted by Crippen LogP contribution is -3.06. The number of aliphatic hydroxyl groups excluding tert-OH is 1. The zero-order chi connectivity index (χ0) is 21.5. The van der Waals surface area contributed by atoms with E-state index in [1.165, 1.54) is 17.7 Å². The predicted molar refractivity (Wildman–Crippen MR) is 114 cm³/mol. The Kier molecular flexibility index (Phi) is 33.1. The fraction of sp³-hybridized carbons (Fsp3) is 0.905. The molecule has 0 aliphatic rings. The third-order valence-electron chi connectivity index (χ3n) is 3.24. The first-order valence-electron chi connectivity index (χ1n) is 10.0. The van der Waals surface area contributed by atoms with Gasteiger partial charge in [-0.05, 0) is 25.2 Å². The highest BCUT2D eigenvalue weighted by Crippen LogP contribution is 2.00. The summed E-state index contributed by atoms with van der Waals surface area (Å²) in [6.45, 7) is 18.4. The monoisotopic (exact) mass is 377 g/mol. The summed E-state index contributed by atoms with van der Waals surface area (Å²) in [5.74, 6) is 2.02. The third-order valence-corrected chi connectivity index (χ3v) is 3.24. The van der Waals surface area contributed by atoms with Crippen molar-refractivity contribution in [2.24, 2.45) is 17.8 Å². The Morgan fingerprint density at radius 3 is 1.58 bits per heavy atom. The molecule has 5 nitrogen and oxygen atoms in total. The van der Waals surface area contributed by atoms with E-state index < -0.39 is 0 Å². The van der Waals surface area contributed by atoms with Gasteiger partial charge in [0.25, 0.3) is 0 Å². The van der Waals surface area contributed by atoms with Gasteiger partial charge in [0.15, 0.2) is 0 Å². The van der Waals surface area contributed by atoms with Crippen molar-refractivity contribution in [1.82, 2.24) is 5.32 Å². The first-order valence-corrected chi connectivity index (χ1v) is 10.0. The van der Waals surface area contributed by atoms with Gasteiger partial charge < -0.3 is 15.3 Å². The topological polar surface area (TPSA) is 70.8 Å². The molecule has 0 aliphatic carbocycles. The minimum Gasteiger partial charge on any atom is -0.396 e. The summed E-state index contributed by atoms with van der Waals surface area (Å²) in [5.41, 5.74) is 0. The van der Waals surface area contributed by atoms with Gasteiger partial charge in [0.05, 0.1) is 27.2 Å². The van der Waals surface area contributed by atoms with E-state index >= 15 is 0 Å². The third kappa shape index (κ3) is 56.8. The number of aliphatic hydroxyl groups is 1. The minimum absolute atomic E-state index is 0.213. The molecule has 0 rings (SSSR count). The molecule has 0 radical (unpaired) electrons. The first-order chi connectivity index (χ1) is 12.0. The van der Waals surface area contributed by atoms with Gasteiger partial charge in [0.1, 0.15) is 5.78 Å². The average Bonchev–Trinajstić information content (AvgIpc) is 2.48. The minimum atomic E-state index is 0.213. The second kappa shape index (κ2) is 26.3. The van der Waals surface area contributed by atoms with Gasteiger partial charge in [-0.25, -0.2) is 0 Å². The summed E-state index contributed by atoms with van der Waals surface area (Å²) in [6.07, 6.45) is 4.36. The van der Waals surface area contributed by atoms with Gasteiger partial charge in [-0.15, -0.1) is 0 Å². The molecule has 0 heterocycles. The first kappa shape index (κ1) is 32.7. The highest BCUT2D eigenvalue weighted by molar-refractivity contribution is 5.77. The van der Waals surface area contributed by atoms with Gasteiger partial charge in [0.2, 0.25) is 6.41 Å². The van der Waals surface area contributed by atoms with E-state index in [2.05, 4.69) is 39.9 Å². The molecule has 0 bridgehead atoms. The van der Waals surface area contributed by atoms with Crippen LogP contribution in [-0.2, 0) is 9.59 Å². The Morgan fingerprint density at radius 1 is 1.04 bits per heavy atom. The van der Waals surface area contributed by atoms with E-state index in [0.717, 1.165) is 31.8 Å². The zero-order valence-electron chi connectivity index (χ0n) is 19.3. The summed E-state index contributed by atoms with van der Waals surface area (Å²) < 4.78 is 0. The number of Topliss-reactive ketones (excluding diaryl/α,β-unsaturated/α-hetero) is 1. The molecule has 5 heteroatoms. The fourth-order valence-corrected chi connectivity index (χ4v) is 1.22. The fourth-order valence-electron chi connectivity index (χ4n) is 1.22. The molecule has 0 spiro atoms. The lowest BCUT2D eigenvalue weighted by Gasteiger charge is -2.04. The van der Waals surface area contributed by atoms with Crippen LogP contribution in [0.4, 0.5) is 0 Å². The van der Waals surface area contributed by atoms with Gasteiger partial charge >= 0.3 is 0 Å². The van der Waals surface area contributed by atoms with E-state index in [1.807, 2.05) is 27.9 Å². The summed E-state index contributed by atoms with van der Waals surface area (Å²) >= 11 is 0. The Bertz CT molecular complexity index is 268. The van der Waals surface area contributed by atoms with Crippen molar-refractivity contribution < 1.29 is 19.6 Å². The molecular formula is C21H49N2O3+. The van der Waals surface area contributed by atoms with Crippen LogP contribution in [0.3, 0.4) is 0 Å². The van der Waals surface area contributed by atoms with Crippen LogP contribution < -0.4 is 10.2 Å². The number of ketones is 1. The molecule has 0 fully saturated rings. The lowest BCUT2D eigenvalue weighted by molar-refractivity contribution is -0.856. The molecule has 0 aromatic rings. The number of rotatable bonds is 9. The lowest BCUT2D eigenvalue weighted by atomic mass is 10.1. The SMILES string of the molecule is CC(=O)C(C)C.CC(C)CCO.CCCC(C)C.C[NH+](C)CCNC=O. The van der Waals surface area contributed by atoms with E-state index in [0.29, 0.717) is 12.5 Å². The second-order valence-corrected chi connectivity index (χ2v) is 7.88. The van der Waals surface area contributed by atoms with Crippen LogP contribution >= 0.6 is 0 Å². The van der Waals surface area contributed by atoms with Crippen LogP contribution in [0.2, 0.25) is 0 Å². The number of carbonyl (C=O) groups excluding carboxylic acids is 2. The van der Waals surface area contributed by atoms with Crippen molar-refractivity contribution in [1.29, 1.82) is 0 Å². The normalized spacial score (nSPS) is 9.65. The molecule has 0 saturated heterocycles. The average molecular weight is 378 g/mol. The van der Waals surface area contributed by atoms with Crippen molar-refractivity contribution in [2.75, 3.05) is 33.8 Å². The molecule has 26 heavy (non-hydrogen) atoms. The molecular weight excluding hydrogens is 328 g/mol. The van der Waals surface area contributed by atoms with Crippen molar-refractivity contribution in [3.05, 3.63) is 0 Å². The van der Waals surface area contributed by atoms with E-state index in [4.69, 9.17) is 5.11 Å². The molecule has 3 N–H and O–H groups in total. The van der Waals surface area contributed by atoms with Gasteiger partial charge in [-0.2, -0.15) is 0 Å². The molecule has 0 aromatic carbocycles. The predicted octanol–water partition coefficient (Wildman–Crippen LogP) is 2.58. The Hall–Kier alpha value is -0.940. The number of quaternary nitrogens is 1. The quantitative estimate of drug-likeness (QED) is 0.427. The van der Waals surface area contributed by atoms with Crippen LogP contribution in [0.15, 0.2) is 0 Å². The van der Waals surface area contributed by atoms with Crippen molar-refractivity contribution in [2.45, 2.75) is 74.7 Å². The Morgan fingerprint density at radius 2 is 1.46 bits per heavy atom. The van der Waals surface area contributed by atoms with Crippen LogP contribution in [-0.4, -0.2) is 51.1 Å². The summed E-state index contributed by atoms with van der Waals surface area (Å²) in [4.78, 5) is 21.2. The maximum absolute atomic E-state index is 10.1. The highest BCUT2D eigenvalue weighted by Gasteiger charge is 1.95. The molecule has 1 amide bonds. The highest BCUT2D eigenvalue weighted by atomic mass is 16.3. The van der Waals surface area contributed by atoms with Crippen LogP contribution in [0.1, 0.15) is 74.7 Å². The Labute approximate surface area is 163 Å². The number of carbonyl (C=O) groups is 2. The van der Waals surface area contributed by atoms with Crippen LogP contribution in [0.5, 0.6) is 0 Å². The molecule has 0 aromatic heterocycles. The number of hydrogen-bond donors (Lipinski definition) is 3. The van der Waals surface area contributed by atoms with E-state index in [9.17, 15) is 9.59 Å². The largest absolute Gasteiger partial charge is 0.396 e. The van der Waals surface area contributed by atoms with Gasteiger partial charge in [0, 0.05) is 12.5 Å². The maximum atomic E-state index is 10.1. The maximum Gasteiger partial charge on any atom is 0.207 e. The van der Waals surface area contributed by atoms with E-state index in [1.54, 1.807) is 6.92 Å². The molecule has 160 valence electrons.